The van der Waals surface area contributed by atoms with Gasteiger partial charge in [-0.3, -0.25) is 0 Å². The van der Waals surface area contributed by atoms with Gasteiger partial charge in [0.25, 0.3) is 0 Å². The highest BCUT2D eigenvalue weighted by Crippen LogP contribution is 2.34. The Bertz CT molecular complexity index is 442. The Labute approximate surface area is 119 Å². The molecule has 0 aliphatic heterocycles. The molecule has 1 saturated carbocycles. The van der Waals surface area contributed by atoms with E-state index >= 15 is 0 Å². The fraction of sp³-hybridized carbons (Fsp3) is 0.600. The fourth-order valence-electron chi connectivity index (χ4n) is 2.81. The van der Waals surface area contributed by atoms with Crippen LogP contribution in [-0.2, 0) is 0 Å². The van der Waals surface area contributed by atoms with Crippen molar-refractivity contribution >= 4 is 17.3 Å². The number of hydrogen-bond donors (Lipinski definition) is 2. The quantitative estimate of drug-likeness (QED) is 0.892. The summed E-state index contributed by atoms with van der Waals surface area (Å²) in [6.07, 6.45) is 3.40. The molecule has 0 heterocycles. The Balaban J connectivity index is 2.12. The standard InChI is InChI=1S/C15H22ClNO2/c1-11(18)12-5-6-14(13(16)9-12)17(2)10-15(19)7-3-4-8-15/h5-6,9,11,18-19H,3-4,7-8,10H2,1-2H3. The lowest BCUT2D eigenvalue weighted by molar-refractivity contribution is 0.0559. The molecule has 4 heteroatoms. The van der Waals surface area contributed by atoms with E-state index < -0.39 is 11.7 Å². The van der Waals surface area contributed by atoms with Crippen molar-refractivity contribution in [2.24, 2.45) is 0 Å². The molecule has 0 spiro atoms. The predicted molar refractivity (Wildman–Crippen MR) is 78.8 cm³/mol. The van der Waals surface area contributed by atoms with Gasteiger partial charge >= 0.3 is 0 Å². The molecule has 19 heavy (non-hydrogen) atoms. The number of anilines is 1. The highest BCUT2D eigenvalue weighted by atomic mass is 35.5. The number of aliphatic hydroxyl groups excluding tert-OH is 1. The Kier molecular flexibility index (Phi) is 4.39. The maximum Gasteiger partial charge on any atom is 0.0821 e. The zero-order valence-electron chi connectivity index (χ0n) is 11.6. The number of hydrogen-bond acceptors (Lipinski definition) is 3. The number of benzene rings is 1. The summed E-state index contributed by atoms with van der Waals surface area (Å²) < 4.78 is 0. The Hall–Kier alpha value is -0.770. The summed E-state index contributed by atoms with van der Waals surface area (Å²) in [7, 11) is 1.94. The highest BCUT2D eigenvalue weighted by molar-refractivity contribution is 6.33. The van der Waals surface area contributed by atoms with E-state index in [0.717, 1.165) is 36.9 Å². The second kappa shape index (κ2) is 5.70. The zero-order chi connectivity index (χ0) is 14.0. The molecular formula is C15H22ClNO2. The molecule has 106 valence electrons. The molecule has 2 rings (SSSR count). The Morgan fingerprint density at radius 3 is 2.53 bits per heavy atom. The van der Waals surface area contributed by atoms with Crippen molar-refractivity contribution in [3.63, 3.8) is 0 Å². The first-order valence-corrected chi connectivity index (χ1v) is 7.20. The van der Waals surface area contributed by atoms with Gasteiger partial charge in [-0.25, -0.2) is 0 Å². The zero-order valence-corrected chi connectivity index (χ0v) is 12.3. The third-order valence-corrected chi connectivity index (χ3v) is 4.23. The van der Waals surface area contributed by atoms with E-state index in [1.165, 1.54) is 0 Å². The van der Waals surface area contributed by atoms with Crippen molar-refractivity contribution in [2.45, 2.75) is 44.3 Å². The highest BCUT2D eigenvalue weighted by Gasteiger charge is 2.32. The number of nitrogens with zero attached hydrogens (tertiary/aromatic N) is 1. The average Bonchev–Trinajstić information content (AvgIpc) is 2.75. The number of rotatable bonds is 4. The first kappa shape index (κ1) is 14.6. The van der Waals surface area contributed by atoms with E-state index in [9.17, 15) is 10.2 Å². The van der Waals surface area contributed by atoms with E-state index in [2.05, 4.69) is 0 Å². The first-order chi connectivity index (χ1) is 8.91. The van der Waals surface area contributed by atoms with Crippen molar-refractivity contribution in [1.29, 1.82) is 0 Å². The average molecular weight is 284 g/mol. The van der Waals surface area contributed by atoms with Gasteiger partial charge in [-0.2, -0.15) is 0 Å². The molecule has 2 N–H and O–H groups in total. The van der Waals surface area contributed by atoms with E-state index in [0.29, 0.717) is 11.6 Å². The molecule has 1 aliphatic rings. The molecule has 0 radical (unpaired) electrons. The number of halogens is 1. The molecule has 0 bridgehead atoms. The first-order valence-electron chi connectivity index (χ1n) is 6.82. The van der Waals surface area contributed by atoms with Gasteiger partial charge < -0.3 is 15.1 Å². The van der Waals surface area contributed by atoms with Gasteiger partial charge in [0.2, 0.25) is 0 Å². The van der Waals surface area contributed by atoms with Crippen molar-refractivity contribution in [1.82, 2.24) is 0 Å². The lowest BCUT2D eigenvalue weighted by Crippen LogP contribution is -2.39. The second-order valence-corrected chi connectivity index (χ2v) is 6.08. The monoisotopic (exact) mass is 283 g/mol. The minimum absolute atomic E-state index is 0.518. The molecule has 0 amide bonds. The molecule has 3 nitrogen and oxygen atoms in total. The third-order valence-electron chi connectivity index (χ3n) is 3.93. The molecule has 1 aromatic rings. The molecule has 0 saturated heterocycles. The van der Waals surface area contributed by atoms with Gasteiger partial charge in [0.1, 0.15) is 0 Å². The second-order valence-electron chi connectivity index (χ2n) is 5.67. The molecule has 1 atom stereocenters. The molecule has 1 fully saturated rings. The lowest BCUT2D eigenvalue weighted by Gasteiger charge is -2.30. The molecule has 1 aliphatic carbocycles. The van der Waals surface area contributed by atoms with Gasteiger partial charge in [-0.15, -0.1) is 0 Å². The summed E-state index contributed by atoms with van der Waals surface area (Å²) in [6.45, 7) is 2.32. The lowest BCUT2D eigenvalue weighted by atomic mass is 10.0. The van der Waals surface area contributed by atoms with Crippen LogP contribution in [0.2, 0.25) is 5.02 Å². The van der Waals surface area contributed by atoms with Gasteiger partial charge in [-0.1, -0.05) is 30.5 Å². The summed E-state index contributed by atoms with van der Waals surface area (Å²) in [5, 5.41) is 20.6. The van der Waals surface area contributed by atoms with Crippen LogP contribution in [-0.4, -0.2) is 29.4 Å². The maximum absolute atomic E-state index is 10.4. The van der Waals surface area contributed by atoms with Crippen LogP contribution in [0.1, 0.15) is 44.3 Å². The Morgan fingerprint density at radius 2 is 2.00 bits per heavy atom. The summed E-state index contributed by atoms with van der Waals surface area (Å²) in [5.74, 6) is 0. The predicted octanol–water partition coefficient (Wildman–Crippen LogP) is 3.13. The van der Waals surface area contributed by atoms with Crippen LogP contribution in [0.3, 0.4) is 0 Å². The van der Waals surface area contributed by atoms with Crippen molar-refractivity contribution < 1.29 is 10.2 Å². The van der Waals surface area contributed by atoms with E-state index in [4.69, 9.17) is 11.6 Å². The Morgan fingerprint density at radius 1 is 1.37 bits per heavy atom. The van der Waals surface area contributed by atoms with Gasteiger partial charge in [0.15, 0.2) is 0 Å². The topological polar surface area (TPSA) is 43.7 Å². The maximum atomic E-state index is 10.4. The van der Waals surface area contributed by atoms with Gasteiger partial charge in [0, 0.05) is 13.6 Å². The summed E-state index contributed by atoms with van der Waals surface area (Å²) >= 11 is 6.26. The third kappa shape index (κ3) is 3.41. The van der Waals surface area contributed by atoms with Crippen LogP contribution in [0.4, 0.5) is 5.69 Å². The number of likely N-dealkylation sites (N-methyl/N-ethyl adjacent to an activating group) is 1. The van der Waals surface area contributed by atoms with Crippen LogP contribution in [0.25, 0.3) is 0 Å². The van der Waals surface area contributed by atoms with Crippen LogP contribution >= 0.6 is 11.6 Å². The van der Waals surface area contributed by atoms with Crippen LogP contribution < -0.4 is 4.90 Å². The van der Waals surface area contributed by atoms with Crippen LogP contribution in [0.5, 0.6) is 0 Å². The summed E-state index contributed by atoms with van der Waals surface area (Å²) in [4.78, 5) is 2.00. The fourth-order valence-corrected chi connectivity index (χ4v) is 3.14. The minimum atomic E-state index is -0.582. The summed E-state index contributed by atoms with van der Waals surface area (Å²) in [5.41, 5.74) is 1.12. The van der Waals surface area contributed by atoms with E-state index in [-0.39, 0.29) is 0 Å². The van der Waals surface area contributed by atoms with Crippen LogP contribution in [0, 0.1) is 0 Å². The van der Waals surface area contributed by atoms with Crippen LogP contribution in [0.15, 0.2) is 18.2 Å². The summed E-state index contributed by atoms with van der Waals surface area (Å²) in [6, 6.07) is 5.57. The van der Waals surface area contributed by atoms with Crippen molar-refractivity contribution in [3.05, 3.63) is 28.8 Å². The SMILES string of the molecule is CC(O)c1ccc(N(C)CC2(O)CCCC2)c(Cl)c1. The van der Waals surface area contributed by atoms with Gasteiger partial charge in [-0.05, 0) is 37.5 Å². The molecule has 1 aromatic carbocycles. The number of aliphatic hydroxyl groups is 2. The van der Waals surface area contributed by atoms with E-state index in [1.54, 1.807) is 13.0 Å². The van der Waals surface area contributed by atoms with Crippen molar-refractivity contribution in [3.8, 4) is 0 Å². The normalized spacial score (nSPS) is 19.4. The molecule has 0 aromatic heterocycles. The minimum Gasteiger partial charge on any atom is -0.389 e. The van der Waals surface area contributed by atoms with Gasteiger partial charge in [0.05, 0.1) is 22.4 Å². The largest absolute Gasteiger partial charge is 0.389 e. The van der Waals surface area contributed by atoms with E-state index in [1.807, 2.05) is 24.1 Å². The van der Waals surface area contributed by atoms with Crippen molar-refractivity contribution in [2.75, 3.05) is 18.5 Å². The molecular weight excluding hydrogens is 262 g/mol. The molecule has 1 unspecified atom stereocenters. The smallest absolute Gasteiger partial charge is 0.0821 e.